The molecule has 0 saturated heterocycles. The molecule has 2 rings (SSSR count). The van der Waals surface area contributed by atoms with E-state index < -0.39 is 0 Å². The van der Waals surface area contributed by atoms with Crippen molar-refractivity contribution in [3.63, 3.8) is 0 Å². The van der Waals surface area contributed by atoms with Crippen LogP contribution in [0.25, 0.3) is 0 Å². The van der Waals surface area contributed by atoms with E-state index in [1.807, 2.05) is 13.8 Å². The molecule has 2 N–H and O–H groups in total. The highest BCUT2D eigenvalue weighted by Gasteiger charge is 2.33. The molecule has 2 atom stereocenters. The predicted octanol–water partition coefficient (Wildman–Crippen LogP) is 2.37. The van der Waals surface area contributed by atoms with Gasteiger partial charge in [0.15, 0.2) is 5.96 Å². The van der Waals surface area contributed by atoms with Gasteiger partial charge < -0.3 is 15.1 Å². The van der Waals surface area contributed by atoms with E-state index in [0.717, 1.165) is 29.9 Å². The van der Waals surface area contributed by atoms with Crippen LogP contribution in [-0.4, -0.2) is 23.5 Å². The van der Waals surface area contributed by atoms with Crippen LogP contribution in [0.3, 0.4) is 0 Å². The average molecular weight is 378 g/mol. The second-order valence-electron chi connectivity index (χ2n) is 4.91. The number of nitrogens with zero attached hydrogens (tertiary/aromatic N) is 2. The summed E-state index contributed by atoms with van der Waals surface area (Å²) >= 11 is 0. The zero-order valence-corrected chi connectivity index (χ0v) is 14.3. The lowest BCUT2D eigenvalue weighted by Crippen LogP contribution is -2.39. The Hall–Kier alpha value is -0.790. The SMILES string of the molecule is CCNC(=NCc1nc(C)c(C)o1)NC1CC1C.I. The Labute approximate surface area is 131 Å². The summed E-state index contributed by atoms with van der Waals surface area (Å²) in [6, 6.07) is 0.566. The van der Waals surface area contributed by atoms with Crippen LogP contribution in [0.5, 0.6) is 0 Å². The van der Waals surface area contributed by atoms with Gasteiger partial charge in [-0.2, -0.15) is 0 Å². The summed E-state index contributed by atoms with van der Waals surface area (Å²) in [5.74, 6) is 3.14. The molecule has 1 saturated carbocycles. The van der Waals surface area contributed by atoms with Crippen molar-refractivity contribution in [2.24, 2.45) is 10.9 Å². The first-order valence-corrected chi connectivity index (χ1v) is 6.58. The average Bonchev–Trinajstić information content (AvgIpc) is 2.91. The molecule has 108 valence electrons. The van der Waals surface area contributed by atoms with Gasteiger partial charge in [-0.1, -0.05) is 6.92 Å². The number of hydrogen-bond acceptors (Lipinski definition) is 3. The largest absolute Gasteiger partial charge is 0.444 e. The predicted molar refractivity (Wildman–Crippen MR) is 86.9 cm³/mol. The molecular formula is C13H23IN4O. The minimum absolute atomic E-state index is 0. The Morgan fingerprint density at radius 2 is 2.16 bits per heavy atom. The minimum Gasteiger partial charge on any atom is -0.444 e. The van der Waals surface area contributed by atoms with Crippen molar-refractivity contribution in [1.29, 1.82) is 0 Å². The lowest BCUT2D eigenvalue weighted by molar-refractivity contribution is 0.472. The zero-order valence-electron chi connectivity index (χ0n) is 12.0. The summed E-state index contributed by atoms with van der Waals surface area (Å²) in [5.41, 5.74) is 0.939. The number of nitrogens with one attached hydrogen (secondary N) is 2. The Morgan fingerprint density at radius 1 is 1.47 bits per heavy atom. The van der Waals surface area contributed by atoms with Gasteiger partial charge in [0, 0.05) is 12.6 Å². The summed E-state index contributed by atoms with van der Waals surface area (Å²) in [6.07, 6.45) is 1.22. The van der Waals surface area contributed by atoms with Gasteiger partial charge in [0.05, 0.1) is 5.69 Å². The monoisotopic (exact) mass is 378 g/mol. The zero-order chi connectivity index (χ0) is 13.1. The number of oxazole rings is 1. The molecule has 0 amide bonds. The van der Waals surface area contributed by atoms with E-state index in [1.165, 1.54) is 6.42 Å². The molecule has 0 spiro atoms. The summed E-state index contributed by atoms with van der Waals surface area (Å²) in [7, 11) is 0. The Balaban J connectivity index is 0.00000180. The fourth-order valence-electron chi connectivity index (χ4n) is 1.77. The first kappa shape index (κ1) is 16.3. The number of aliphatic imine (C=N–C) groups is 1. The molecule has 1 aliphatic rings. The second kappa shape index (κ2) is 7.12. The number of rotatable bonds is 4. The number of halogens is 1. The summed E-state index contributed by atoms with van der Waals surface area (Å²) in [4.78, 5) is 8.81. The molecule has 1 aliphatic carbocycles. The first-order chi connectivity index (χ1) is 8.60. The number of aromatic nitrogens is 1. The molecule has 1 aromatic heterocycles. The van der Waals surface area contributed by atoms with E-state index in [0.29, 0.717) is 18.5 Å². The first-order valence-electron chi connectivity index (χ1n) is 6.58. The number of hydrogen-bond donors (Lipinski definition) is 2. The molecule has 1 fully saturated rings. The number of aryl methyl sites for hydroxylation is 2. The van der Waals surface area contributed by atoms with E-state index in [4.69, 9.17) is 4.42 Å². The highest BCUT2D eigenvalue weighted by atomic mass is 127. The molecule has 1 aromatic rings. The quantitative estimate of drug-likeness (QED) is 0.480. The van der Waals surface area contributed by atoms with Crippen molar-refractivity contribution in [1.82, 2.24) is 15.6 Å². The molecule has 0 aliphatic heterocycles. The van der Waals surface area contributed by atoms with Gasteiger partial charge in [0.1, 0.15) is 12.3 Å². The molecule has 0 bridgehead atoms. The van der Waals surface area contributed by atoms with Crippen molar-refractivity contribution in [3.05, 3.63) is 17.3 Å². The molecule has 2 unspecified atom stereocenters. The summed E-state index contributed by atoms with van der Waals surface area (Å²) < 4.78 is 5.51. The van der Waals surface area contributed by atoms with Crippen LogP contribution in [0.4, 0.5) is 0 Å². The lowest BCUT2D eigenvalue weighted by atomic mass is 10.4. The fourth-order valence-corrected chi connectivity index (χ4v) is 1.77. The normalized spacial score (nSPS) is 21.8. The van der Waals surface area contributed by atoms with Crippen LogP contribution >= 0.6 is 24.0 Å². The van der Waals surface area contributed by atoms with Crippen molar-refractivity contribution < 1.29 is 4.42 Å². The van der Waals surface area contributed by atoms with Gasteiger partial charge >= 0.3 is 0 Å². The molecule has 1 heterocycles. The number of guanidine groups is 1. The highest BCUT2D eigenvalue weighted by molar-refractivity contribution is 14.0. The molecule has 19 heavy (non-hydrogen) atoms. The van der Waals surface area contributed by atoms with Gasteiger partial charge in [0.2, 0.25) is 5.89 Å². The topological polar surface area (TPSA) is 62.5 Å². The fraction of sp³-hybridized carbons (Fsp3) is 0.692. The lowest BCUT2D eigenvalue weighted by Gasteiger charge is -2.09. The van der Waals surface area contributed by atoms with E-state index in [1.54, 1.807) is 0 Å². The van der Waals surface area contributed by atoms with Gasteiger partial charge in [-0.05, 0) is 33.1 Å². The smallest absolute Gasteiger partial charge is 0.216 e. The Kier molecular flexibility index (Phi) is 6.09. The van der Waals surface area contributed by atoms with Gasteiger partial charge in [0.25, 0.3) is 0 Å². The minimum atomic E-state index is 0. The third kappa shape index (κ3) is 4.67. The third-order valence-electron chi connectivity index (χ3n) is 3.22. The second-order valence-corrected chi connectivity index (χ2v) is 4.91. The van der Waals surface area contributed by atoms with E-state index >= 15 is 0 Å². The maximum Gasteiger partial charge on any atom is 0.216 e. The van der Waals surface area contributed by atoms with Crippen molar-refractivity contribution >= 4 is 29.9 Å². The van der Waals surface area contributed by atoms with E-state index in [-0.39, 0.29) is 24.0 Å². The highest BCUT2D eigenvalue weighted by Crippen LogP contribution is 2.28. The Bertz CT molecular complexity index is 424. The van der Waals surface area contributed by atoms with Crippen LogP contribution < -0.4 is 10.6 Å². The van der Waals surface area contributed by atoms with Crippen molar-refractivity contribution in [2.45, 2.75) is 46.7 Å². The van der Waals surface area contributed by atoms with Crippen molar-refractivity contribution in [3.8, 4) is 0 Å². The standard InChI is InChI=1S/C13H22N4O.HI/c1-5-14-13(17-11-6-8(11)2)15-7-12-16-9(3)10(4)18-12;/h8,11H,5-7H2,1-4H3,(H2,14,15,17);1H. The Morgan fingerprint density at radius 3 is 2.63 bits per heavy atom. The van der Waals surface area contributed by atoms with Gasteiger partial charge in [-0.15, -0.1) is 24.0 Å². The van der Waals surface area contributed by atoms with Crippen LogP contribution in [0.15, 0.2) is 9.41 Å². The molecule has 6 heteroatoms. The van der Waals surface area contributed by atoms with Crippen LogP contribution in [0.1, 0.15) is 37.6 Å². The molecule has 0 radical (unpaired) electrons. The van der Waals surface area contributed by atoms with Crippen LogP contribution in [-0.2, 0) is 6.54 Å². The summed E-state index contributed by atoms with van der Waals surface area (Å²) in [5, 5.41) is 6.64. The van der Waals surface area contributed by atoms with Gasteiger partial charge in [-0.3, -0.25) is 0 Å². The maximum absolute atomic E-state index is 5.51. The van der Waals surface area contributed by atoms with Crippen LogP contribution in [0.2, 0.25) is 0 Å². The molecule has 0 aromatic carbocycles. The van der Waals surface area contributed by atoms with Crippen molar-refractivity contribution in [2.75, 3.05) is 6.54 Å². The molecule has 5 nitrogen and oxygen atoms in total. The summed E-state index contributed by atoms with van der Waals surface area (Å²) in [6.45, 7) is 9.50. The maximum atomic E-state index is 5.51. The third-order valence-corrected chi connectivity index (χ3v) is 3.22. The molecular weight excluding hydrogens is 355 g/mol. The van der Waals surface area contributed by atoms with E-state index in [9.17, 15) is 0 Å². The van der Waals surface area contributed by atoms with Crippen LogP contribution in [0, 0.1) is 19.8 Å². The van der Waals surface area contributed by atoms with Gasteiger partial charge in [-0.25, -0.2) is 9.98 Å². The van der Waals surface area contributed by atoms with E-state index in [2.05, 4.69) is 34.5 Å².